The van der Waals surface area contributed by atoms with Crippen molar-refractivity contribution in [3.05, 3.63) is 188 Å². The fraction of sp³-hybridized carbons (Fsp3) is 0. The summed E-state index contributed by atoms with van der Waals surface area (Å²) in [6.07, 6.45) is 0. The van der Waals surface area contributed by atoms with Gasteiger partial charge < -0.3 is 4.42 Å². The Morgan fingerprint density at radius 1 is 0.340 bits per heavy atom. The number of benzene rings is 9. The summed E-state index contributed by atoms with van der Waals surface area (Å²) < 4.78 is 6.64. The van der Waals surface area contributed by atoms with Gasteiger partial charge in [-0.3, -0.25) is 0 Å². The van der Waals surface area contributed by atoms with Crippen molar-refractivity contribution in [3.63, 3.8) is 0 Å². The van der Waals surface area contributed by atoms with Crippen molar-refractivity contribution in [2.45, 2.75) is 0 Å². The van der Waals surface area contributed by atoms with Crippen LogP contribution in [0.4, 0.5) is 0 Å². The fourth-order valence-corrected chi connectivity index (χ4v) is 8.43. The Balaban J connectivity index is 1.18. The molecule has 11 aromatic rings. The molecule has 2 heteroatoms. The van der Waals surface area contributed by atoms with Crippen LogP contribution in [0.25, 0.3) is 110 Å². The minimum Gasteiger partial charge on any atom is -0.456 e. The van der Waals surface area contributed by atoms with E-state index < -0.39 is 0 Å². The second-order valence-corrected chi connectivity index (χ2v) is 13.8. The molecule has 0 amide bonds. The number of hydrogen-bond donors (Lipinski definition) is 0. The average molecular weight is 674 g/mol. The molecule has 0 saturated carbocycles. The molecule has 246 valence electrons. The fourth-order valence-electron chi connectivity index (χ4n) is 8.43. The summed E-state index contributed by atoms with van der Waals surface area (Å²) >= 11 is 0. The molecule has 2 heterocycles. The number of hydrogen-bond acceptors (Lipinski definition) is 2. The van der Waals surface area contributed by atoms with Gasteiger partial charge in [0.2, 0.25) is 0 Å². The lowest BCUT2D eigenvalue weighted by Gasteiger charge is -2.16. The zero-order valence-corrected chi connectivity index (χ0v) is 28.8. The Morgan fingerprint density at radius 2 is 0.943 bits per heavy atom. The first kappa shape index (κ1) is 29.7. The SMILES string of the molecule is c1ccc(-c2nc3ccccc3c3c(-c4cccc(-c5cccc(-c6cc7ccccc7c7ccccc67)c5)c4)c4c(cc23)oc2ccccc24)cc1. The maximum Gasteiger partial charge on any atom is 0.136 e. The van der Waals surface area contributed by atoms with E-state index in [-0.39, 0.29) is 0 Å². The summed E-state index contributed by atoms with van der Waals surface area (Å²) in [5, 5.41) is 10.7. The molecule has 0 aliphatic rings. The minimum atomic E-state index is 0.860. The number of aromatic nitrogens is 1. The van der Waals surface area contributed by atoms with Crippen molar-refractivity contribution < 1.29 is 4.42 Å². The standard InChI is InChI=1S/C51H31NO/c1-2-14-32(15-3-1)51-44-31-47-50(42-25-9-11-27-46(42)53-47)48(49(44)41-24-8-10-26-45(41)52-51)37-20-13-18-34(29-37)33-17-12-19-35(28-33)43-30-36-16-4-5-21-38(36)39-22-6-7-23-40(39)43/h1-31H. The number of furan rings is 1. The van der Waals surface area contributed by atoms with E-state index in [0.29, 0.717) is 0 Å². The van der Waals surface area contributed by atoms with Gasteiger partial charge in [0, 0.05) is 38.1 Å². The lowest BCUT2D eigenvalue weighted by atomic mass is 9.88. The van der Waals surface area contributed by atoms with E-state index in [9.17, 15) is 0 Å². The maximum absolute atomic E-state index is 6.64. The summed E-state index contributed by atoms with van der Waals surface area (Å²) in [7, 11) is 0. The Hall–Kier alpha value is -7.03. The number of nitrogens with zero attached hydrogens (tertiary/aromatic N) is 1. The van der Waals surface area contributed by atoms with Crippen LogP contribution < -0.4 is 0 Å². The third-order valence-corrected chi connectivity index (χ3v) is 10.8. The lowest BCUT2D eigenvalue weighted by molar-refractivity contribution is 0.669. The van der Waals surface area contributed by atoms with Crippen LogP contribution in [0, 0.1) is 0 Å². The van der Waals surface area contributed by atoms with Crippen LogP contribution in [-0.4, -0.2) is 4.98 Å². The highest BCUT2D eigenvalue weighted by Gasteiger charge is 2.22. The predicted octanol–water partition coefficient (Wildman–Crippen LogP) is 14.3. The van der Waals surface area contributed by atoms with Gasteiger partial charge in [-0.05, 0) is 85.8 Å². The van der Waals surface area contributed by atoms with E-state index in [1.54, 1.807) is 0 Å². The van der Waals surface area contributed by atoms with Gasteiger partial charge in [-0.25, -0.2) is 4.98 Å². The first-order valence-electron chi connectivity index (χ1n) is 18.1. The van der Waals surface area contributed by atoms with E-state index in [4.69, 9.17) is 9.40 Å². The third-order valence-electron chi connectivity index (χ3n) is 10.8. The number of para-hydroxylation sites is 2. The highest BCUT2D eigenvalue weighted by molar-refractivity contribution is 6.28. The Labute approximate surface area is 306 Å². The maximum atomic E-state index is 6.64. The summed E-state index contributed by atoms with van der Waals surface area (Å²) in [5.74, 6) is 0. The van der Waals surface area contributed by atoms with E-state index in [0.717, 1.165) is 66.2 Å². The summed E-state index contributed by atoms with van der Waals surface area (Å²) in [6.45, 7) is 0. The number of pyridine rings is 1. The topological polar surface area (TPSA) is 26.0 Å². The molecular weight excluding hydrogens is 643 g/mol. The molecule has 2 nitrogen and oxygen atoms in total. The average Bonchev–Trinajstić information content (AvgIpc) is 3.61. The van der Waals surface area contributed by atoms with Crippen molar-refractivity contribution in [1.29, 1.82) is 0 Å². The van der Waals surface area contributed by atoms with Crippen LogP contribution in [0.3, 0.4) is 0 Å². The zero-order valence-electron chi connectivity index (χ0n) is 28.8. The van der Waals surface area contributed by atoms with Crippen LogP contribution in [0.2, 0.25) is 0 Å². The van der Waals surface area contributed by atoms with E-state index in [1.165, 1.54) is 43.6 Å². The molecule has 2 aromatic heterocycles. The summed E-state index contributed by atoms with van der Waals surface area (Å²) in [6, 6.07) is 67.4. The molecular formula is C51H31NO. The monoisotopic (exact) mass is 673 g/mol. The molecule has 9 aromatic carbocycles. The van der Waals surface area contributed by atoms with Gasteiger partial charge in [0.15, 0.2) is 0 Å². The summed E-state index contributed by atoms with van der Waals surface area (Å²) in [5.41, 5.74) is 11.8. The van der Waals surface area contributed by atoms with Crippen molar-refractivity contribution in [2.75, 3.05) is 0 Å². The number of rotatable bonds is 4. The largest absolute Gasteiger partial charge is 0.456 e. The van der Waals surface area contributed by atoms with Gasteiger partial charge in [-0.15, -0.1) is 0 Å². The van der Waals surface area contributed by atoms with Gasteiger partial charge in [-0.1, -0.05) is 152 Å². The Morgan fingerprint density at radius 3 is 1.77 bits per heavy atom. The van der Waals surface area contributed by atoms with Crippen LogP contribution in [0.15, 0.2) is 192 Å². The van der Waals surface area contributed by atoms with Crippen LogP contribution >= 0.6 is 0 Å². The molecule has 0 aliphatic heterocycles. The predicted molar refractivity (Wildman–Crippen MR) is 223 cm³/mol. The number of fused-ring (bicyclic) bond motifs is 9. The van der Waals surface area contributed by atoms with Crippen LogP contribution in [0.1, 0.15) is 0 Å². The highest BCUT2D eigenvalue weighted by atomic mass is 16.3. The molecule has 0 bridgehead atoms. The second kappa shape index (κ2) is 11.8. The minimum absolute atomic E-state index is 0.860. The van der Waals surface area contributed by atoms with Gasteiger partial charge in [0.25, 0.3) is 0 Å². The molecule has 0 saturated heterocycles. The van der Waals surface area contributed by atoms with Crippen molar-refractivity contribution in [1.82, 2.24) is 4.98 Å². The van der Waals surface area contributed by atoms with Crippen LogP contribution in [0.5, 0.6) is 0 Å². The lowest BCUT2D eigenvalue weighted by Crippen LogP contribution is -1.93. The molecule has 0 unspecified atom stereocenters. The normalized spacial score (nSPS) is 11.8. The van der Waals surface area contributed by atoms with Gasteiger partial charge in [0.1, 0.15) is 11.2 Å². The zero-order chi connectivity index (χ0) is 34.9. The third kappa shape index (κ3) is 4.70. The molecule has 53 heavy (non-hydrogen) atoms. The van der Waals surface area contributed by atoms with Crippen LogP contribution in [-0.2, 0) is 0 Å². The Bertz CT molecular complexity index is 3230. The van der Waals surface area contributed by atoms with Gasteiger partial charge in [-0.2, -0.15) is 0 Å². The molecule has 0 N–H and O–H groups in total. The van der Waals surface area contributed by atoms with E-state index in [2.05, 4.69) is 182 Å². The van der Waals surface area contributed by atoms with Gasteiger partial charge >= 0.3 is 0 Å². The highest BCUT2D eigenvalue weighted by Crippen LogP contribution is 2.47. The van der Waals surface area contributed by atoms with Crippen molar-refractivity contribution in [2.24, 2.45) is 0 Å². The first-order chi connectivity index (χ1) is 26.3. The molecule has 0 spiro atoms. The molecule has 11 rings (SSSR count). The quantitative estimate of drug-likeness (QED) is 0.174. The van der Waals surface area contributed by atoms with Crippen molar-refractivity contribution in [3.8, 4) is 44.6 Å². The molecule has 0 radical (unpaired) electrons. The van der Waals surface area contributed by atoms with Crippen molar-refractivity contribution >= 4 is 65.2 Å². The summed E-state index contributed by atoms with van der Waals surface area (Å²) in [4.78, 5) is 5.27. The van der Waals surface area contributed by atoms with Gasteiger partial charge in [0.05, 0.1) is 11.2 Å². The molecule has 0 aliphatic carbocycles. The Kier molecular flexibility index (Phi) is 6.59. The van der Waals surface area contributed by atoms with E-state index in [1.807, 2.05) is 6.07 Å². The molecule has 0 fully saturated rings. The van der Waals surface area contributed by atoms with E-state index >= 15 is 0 Å². The first-order valence-corrected chi connectivity index (χ1v) is 18.1. The molecule has 0 atom stereocenters. The second-order valence-electron chi connectivity index (χ2n) is 13.8. The smallest absolute Gasteiger partial charge is 0.136 e.